The molecule has 3 atom stereocenters. The van der Waals surface area contributed by atoms with Crippen LogP contribution in [0.4, 0.5) is 42.4 Å². The van der Waals surface area contributed by atoms with Crippen LogP contribution in [0.2, 0.25) is 5.02 Å². The standard InChI is InChI=1S/C23H14BrF4N5O3.C17H11BrF2O2.C17H13FO3.C15H22BClO3.C8H9IN4/c1-9(20-17(24)19(34)15-11(25)3-2-4-14(15)35-20)33-22-16(21(29)30-8-31-22)18(32-33)10-5-6-13(12(26)7-10)36-23(27)28;1-9(18)17-14(10-5-2-3-6-11(10)19)16(21)15-12(20)7-4-8-13(15)22-17;1-10(19)17-14(11-6-3-2-4-7-11)16(20)15-12(18)8-5-9-13(15)21-17;1-10(2)18-13-8-7-11(9-12(13)17)16-19-14(3,4)15(5,6)20-16;1-13(2)8-6-5(11-4-12-8)3-10-7(6)9/h2-9,23H,1H3,(H2,29,30,31);2-9H,1H3;2-10,19H,1H3;7-10H,1-6H3;4H,3H2,1-2H3. The van der Waals surface area contributed by atoms with Crippen molar-refractivity contribution in [1.29, 1.82) is 0 Å². The number of nitrogens with two attached hydrogens (primary N) is 1. The van der Waals surface area contributed by atoms with Gasteiger partial charge in [0.1, 0.15) is 130 Å². The first kappa shape index (κ1) is 83.1. The van der Waals surface area contributed by atoms with Crippen molar-refractivity contribution in [3.63, 3.8) is 0 Å². The predicted molar refractivity (Wildman–Crippen MR) is 433 cm³/mol. The van der Waals surface area contributed by atoms with E-state index in [2.05, 4.69) is 89.2 Å². The Morgan fingerprint density at radius 1 is 0.616 bits per heavy atom. The van der Waals surface area contributed by atoms with E-state index in [-0.39, 0.29) is 122 Å². The molecule has 0 aliphatic carbocycles. The van der Waals surface area contributed by atoms with Crippen LogP contribution >= 0.6 is 66.1 Å². The third-order valence-corrected chi connectivity index (χ3v) is 20.4. The van der Waals surface area contributed by atoms with Gasteiger partial charge < -0.3 is 47.8 Å². The molecule has 112 heavy (non-hydrogen) atoms. The minimum Gasteiger partial charge on any atom is -0.489 e. The number of anilines is 2. The van der Waals surface area contributed by atoms with Gasteiger partial charge in [-0.15, -0.1) is 0 Å². The molecule has 3 unspecified atom stereocenters. The number of hydrogen-bond acceptors (Lipinski definition) is 19. The smallest absolute Gasteiger partial charge is 0.489 e. The van der Waals surface area contributed by atoms with Crippen molar-refractivity contribution in [3.05, 3.63) is 256 Å². The van der Waals surface area contributed by atoms with Crippen molar-refractivity contribution >= 4 is 138 Å². The Bertz CT molecular complexity index is 5930. The molecule has 0 bridgehead atoms. The molecule has 1 fully saturated rings. The van der Waals surface area contributed by atoms with E-state index in [1.54, 1.807) is 50.5 Å². The molecule has 7 aromatic carbocycles. The molecule has 3 N–H and O–H groups in total. The van der Waals surface area contributed by atoms with Crippen LogP contribution in [0.5, 0.6) is 11.5 Å². The van der Waals surface area contributed by atoms with E-state index in [4.69, 9.17) is 44.6 Å². The van der Waals surface area contributed by atoms with Gasteiger partial charge in [-0.2, -0.15) is 13.9 Å². The fourth-order valence-electron chi connectivity index (χ4n) is 12.0. The molecular formula is C80H69BBr2ClF7IN9O11. The van der Waals surface area contributed by atoms with E-state index < -0.39 is 77.0 Å². The highest BCUT2D eigenvalue weighted by atomic mass is 127. The maximum absolute atomic E-state index is 14.5. The molecule has 13 aromatic rings. The van der Waals surface area contributed by atoms with Crippen LogP contribution in [0.1, 0.15) is 108 Å². The van der Waals surface area contributed by atoms with Crippen LogP contribution in [0.3, 0.4) is 0 Å². The second-order valence-electron chi connectivity index (χ2n) is 26.8. The molecule has 2 aliphatic heterocycles. The highest BCUT2D eigenvalue weighted by Gasteiger charge is 2.52. The fraction of sp³-hybridized carbons (Fsp3) is 0.237. The van der Waals surface area contributed by atoms with Crippen LogP contribution in [0.15, 0.2) is 195 Å². The normalized spacial score (nSPS) is 14.1. The third-order valence-electron chi connectivity index (χ3n) is 18.0. The number of ether oxygens (including phenoxy) is 2. The number of aromatic nitrogens is 6. The Balaban J connectivity index is 0.000000144. The van der Waals surface area contributed by atoms with Crippen molar-refractivity contribution in [2.24, 2.45) is 4.99 Å². The van der Waals surface area contributed by atoms with E-state index in [1.807, 2.05) is 84.8 Å². The summed E-state index contributed by atoms with van der Waals surface area (Å²) in [5.74, 6) is -2.06. The summed E-state index contributed by atoms with van der Waals surface area (Å²) < 4.78 is 137. The first-order valence-corrected chi connectivity index (χ1v) is 37.6. The second-order valence-corrected chi connectivity index (χ2v) is 30.4. The predicted octanol–water partition coefficient (Wildman–Crippen LogP) is 18.9. The number of hydrogen-bond donors (Lipinski definition) is 2. The lowest BCUT2D eigenvalue weighted by Crippen LogP contribution is -2.41. The summed E-state index contributed by atoms with van der Waals surface area (Å²) in [6.45, 7) is 14.5. The number of aliphatic hydroxyl groups is 1. The minimum absolute atomic E-state index is 0.0145. The second kappa shape index (κ2) is 34.6. The average molecular weight is 1800 g/mol. The van der Waals surface area contributed by atoms with Gasteiger partial charge in [0.25, 0.3) is 0 Å². The Morgan fingerprint density at radius 2 is 1.16 bits per heavy atom. The minimum atomic E-state index is -3.20. The summed E-state index contributed by atoms with van der Waals surface area (Å²) in [7, 11) is 3.56. The van der Waals surface area contributed by atoms with E-state index in [1.165, 1.54) is 90.7 Å². The number of aliphatic imine (C=N–C) groups is 1. The molecule has 6 aromatic heterocycles. The highest BCUT2D eigenvalue weighted by molar-refractivity contribution is 14.1. The molecule has 15 rings (SSSR count). The van der Waals surface area contributed by atoms with Gasteiger partial charge in [0.2, 0.25) is 16.3 Å². The first-order chi connectivity index (χ1) is 53.1. The van der Waals surface area contributed by atoms with Crippen LogP contribution < -0.4 is 41.9 Å². The third kappa shape index (κ3) is 17.5. The topological polar surface area (TPSA) is 259 Å². The summed E-state index contributed by atoms with van der Waals surface area (Å²) in [6.07, 6.45) is 1.92. The van der Waals surface area contributed by atoms with Crippen molar-refractivity contribution in [1.82, 2.24) is 29.7 Å². The monoisotopic (exact) mass is 1800 g/mol. The summed E-state index contributed by atoms with van der Waals surface area (Å²) in [5, 5.41) is 14.8. The summed E-state index contributed by atoms with van der Waals surface area (Å²) in [5.41, 5.74) is 8.56. The molecule has 2 aliphatic rings. The van der Waals surface area contributed by atoms with E-state index >= 15 is 0 Å². The lowest BCUT2D eigenvalue weighted by Gasteiger charge is -2.32. The van der Waals surface area contributed by atoms with Crippen LogP contribution in [0, 0.1) is 29.1 Å². The van der Waals surface area contributed by atoms with Crippen LogP contribution in [-0.4, -0.2) is 83.7 Å². The lowest BCUT2D eigenvalue weighted by molar-refractivity contribution is -0.0521. The van der Waals surface area contributed by atoms with Gasteiger partial charge in [0, 0.05) is 25.2 Å². The number of alkyl halides is 3. The van der Waals surface area contributed by atoms with E-state index in [0.29, 0.717) is 22.9 Å². The number of fused-ring (bicyclic) bond motifs is 5. The number of rotatable bonds is 13. The fourth-order valence-corrected chi connectivity index (χ4v) is 13.9. The zero-order chi connectivity index (χ0) is 81.1. The number of nitrogen functional groups attached to an aromatic ring is 1. The molecule has 0 saturated carbocycles. The maximum Gasteiger partial charge on any atom is 0.494 e. The van der Waals surface area contributed by atoms with E-state index in [0.717, 1.165) is 44.5 Å². The molecule has 0 spiro atoms. The van der Waals surface area contributed by atoms with Crippen molar-refractivity contribution in [2.75, 3.05) is 24.7 Å². The Kier molecular flexibility index (Phi) is 25.7. The molecule has 20 nitrogen and oxygen atoms in total. The Morgan fingerprint density at radius 3 is 1.71 bits per heavy atom. The quantitative estimate of drug-likeness (QED) is 0.0470. The molecule has 1 saturated heterocycles. The van der Waals surface area contributed by atoms with Crippen molar-refractivity contribution in [2.45, 2.75) is 110 Å². The zero-order valence-corrected chi connectivity index (χ0v) is 67.6. The van der Waals surface area contributed by atoms with Gasteiger partial charge in [-0.3, -0.25) is 19.4 Å². The number of aliphatic hydroxyl groups excluding tert-OH is 1. The summed E-state index contributed by atoms with van der Waals surface area (Å²) in [4.78, 5) is 60.9. The van der Waals surface area contributed by atoms with Gasteiger partial charge in [-0.25, -0.2) is 46.6 Å². The average Bonchev–Trinajstić information content (AvgIpc) is 0.968. The van der Waals surface area contributed by atoms with Crippen LogP contribution in [0.25, 0.3) is 77.5 Å². The highest BCUT2D eigenvalue weighted by Crippen LogP contribution is 2.41. The molecule has 8 heterocycles. The van der Waals surface area contributed by atoms with Crippen molar-refractivity contribution < 1.29 is 67.9 Å². The molecule has 580 valence electrons. The zero-order valence-electron chi connectivity index (χ0n) is 61.5. The van der Waals surface area contributed by atoms with Crippen LogP contribution in [-0.2, 0) is 15.9 Å². The SMILES string of the molecule is CC(Br)c1oc2cccc(F)c2c(=O)c1-c1ccccc1F.CC(C)Oc1ccc(B2OC(C)(C)C(C)(C)O2)cc1Cl.CC(O)c1oc2cccc(F)c2c(=O)c1-c1ccccc1.CC(c1oc2cccc(F)c2c(=O)c1Br)n1nc(-c2ccc(OC(F)F)c(F)c2)c2c(N)ncnc21.CN(C)c1ncnc2c1C(I)=NC2. The number of nitrogens with zero attached hydrogens (tertiary/aromatic N) is 8. The molecule has 32 heteroatoms. The first-order valence-electron chi connectivity index (χ1n) is 34.4. The maximum atomic E-state index is 14.5. The molecular weight excluding hydrogens is 1730 g/mol. The van der Waals surface area contributed by atoms with Gasteiger partial charge in [-0.1, -0.05) is 100 Å². The molecule has 0 amide bonds. The summed E-state index contributed by atoms with van der Waals surface area (Å²) in [6, 6.07) is 35.3. The van der Waals surface area contributed by atoms with Gasteiger partial charge in [0.05, 0.1) is 61.5 Å². The molecule has 0 radical (unpaired) electrons. The van der Waals surface area contributed by atoms with Crippen molar-refractivity contribution in [3.8, 4) is 45.0 Å². The van der Waals surface area contributed by atoms with Gasteiger partial charge in [-0.05, 0) is 185 Å². The summed E-state index contributed by atoms with van der Waals surface area (Å²) >= 11 is 15.0. The largest absolute Gasteiger partial charge is 0.494 e. The number of benzene rings is 7. The Hall–Kier alpha value is -9.90. The Labute approximate surface area is 671 Å². The van der Waals surface area contributed by atoms with E-state index in [9.17, 15) is 50.2 Å². The van der Waals surface area contributed by atoms with Gasteiger partial charge in [0.15, 0.2) is 17.2 Å². The lowest BCUT2D eigenvalue weighted by atomic mass is 9.79. The number of halogens is 11. The van der Waals surface area contributed by atoms with Gasteiger partial charge >= 0.3 is 13.7 Å².